The Labute approximate surface area is 171 Å². The van der Waals surface area contributed by atoms with Crippen LogP contribution in [0, 0.1) is 13.8 Å². The number of hydrogen-bond acceptors (Lipinski definition) is 7. The van der Waals surface area contributed by atoms with E-state index < -0.39 is 10.1 Å². The Morgan fingerprint density at radius 1 is 1.03 bits per heavy atom. The van der Waals surface area contributed by atoms with Crippen LogP contribution in [0.3, 0.4) is 0 Å². The van der Waals surface area contributed by atoms with Crippen molar-refractivity contribution >= 4 is 16.4 Å². The maximum absolute atomic E-state index is 12.7. The van der Waals surface area contributed by atoms with Crippen molar-refractivity contribution in [3.8, 4) is 17.2 Å². The molecule has 0 saturated carbocycles. The first-order valence-electron chi connectivity index (χ1n) is 9.11. The van der Waals surface area contributed by atoms with E-state index in [1.54, 1.807) is 25.1 Å². The van der Waals surface area contributed by atoms with Crippen LogP contribution >= 0.6 is 0 Å². The molecule has 0 aromatic heterocycles. The highest BCUT2D eigenvalue weighted by Gasteiger charge is 2.23. The summed E-state index contributed by atoms with van der Waals surface area (Å²) in [5.74, 6) is 0.950. The molecule has 0 unspecified atom stereocenters. The molecule has 0 bridgehead atoms. The van der Waals surface area contributed by atoms with E-state index in [2.05, 4.69) is 0 Å². The summed E-state index contributed by atoms with van der Waals surface area (Å²) in [6, 6.07) is 8.02. The number of ether oxygens (including phenoxy) is 3. The number of rotatable bonds is 11. The number of carbonyl (C=O) groups excluding carboxylic acids is 1. The molecule has 29 heavy (non-hydrogen) atoms. The fourth-order valence-corrected chi connectivity index (χ4v) is 3.78. The summed E-state index contributed by atoms with van der Waals surface area (Å²) in [7, 11) is -1.06. The van der Waals surface area contributed by atoms with E-state index in [0.717, 1.165) is 11.8 Å². The second-order valence-electron chi connectivity index (χ2n) is 6.48. The van der Waals surface area contributed by atoms with Crippen LogP contribution in [0.2, 0.25) is 0 Å². The van der Waals surface area contributed by atoms with Gasteiger partial charge in [-0.2, -0.15) is 8.42 Å². The highest BCUT2D eigenvalue weighted by Crippen LogP contribution is 2.42. The molecule has 0 spiro atoms. The van der Waals surface area contributed by atoms with Crippen molar-refractivity contribution in [2.75, 3.05) is 21.0 Å². The van der Waals surface area contributed by atoms with Gasteiger partial charge in [0.15, 0.2) is 18.3 Å². The minimum atomic E-state index is -4.03. The van der Waals surface area contributed by atoms with Gasteiger partial charge in [-0.1, -0.05) is 17.7 Å². The lowest BCUT2D eigenvalue weighted by Gasteiger charge is -2.19. The van der Waals surface area contributed by atoms with E-state index in [4.69, 9.17) is 18.4 Å². The Hall–Kier alpha value is -2.58. The van der Waals surface area contributed by atoms with Crippen LogP contribution in [0.5, 0.6) is 17.2 Å². The third kappa shape index (κ3) is 5.71. The van der Waals surface area contributed by atoms with Crippen LogP contribution in [0.15, 0.2) is 35.2 Å². The van der Waals surface area contributed by atoms with Crippen molar-refractivity contribution in [2.24, 2.45) is 0 Å². The lowest BCUT2D eigenvalue weighted by molar-refractivity contribution is -0.107. The molecule has 0 aliphatic heterocycles. The Balaban J connectivity index is 2.48. The zero-order valence-corrected chi connectivity index (χ0v) is 17.9. The van der Waals surface area contributed by atoms with Crippen LogP contribution in [0.4, 0.5) is 0 Å². The second-order valence-corrected chi connectivity index (χ2v) is 8.03. The first-order valence-corrected chi connectivity index (χ1v) is 10.5. The lowest BCUT2D eigenvalue weighted by Crippen LogP contribution is -2.12. The van der Waals surface area contributed by atoms with Gasteiger partial charge in [0.2, 0.25) is 0 Å². The molecule has 7 nitrogen and oxygen atoms in total. The van der Waals surface area contributed by atoms with Gasteiger partial charge in [-0.3, -0.25) is 0 Å². The summed E-state index contributed by atoms with van der Waals surface area (Å²) >= 11 is 0. The number of aryl methyl sites for hydroxylation is 2. The molecule has 0 atom stereocenters. The van der Waals surface area contributed by atoms with Crippen LogP contribution in [-0.2, 0) is 26.1 Å². The van der Waals surface area contributed by atoms with Gasteiger partial charge in [0, 0.05) is 24.7 Å². The quantitative estimate of drug-likeness (QED) is 0.237. The van der Waals surface area contributed by atoms with Crippen LogP contribution in [-0.4, -0.2) is 35.7 Å². The van der Waals surface area contributed by atoms with Gasteiger partial charge in [0.05, 0.1) is 7.11 Å². The summed E-state index contributed by atoms with van der Waals surface area (Å²) in [5, 5.41) is 0. The van der Waals surface area contributed by atoms with Gasteiger partial charge >= 0.3 is 10.1 Å². The van der Waals surface area contributed by atoms with E-state index in [9.17, 15) is 13.2 Å². The van der Waals surface area contributed by atoms with E-state index >= 15 is 0 Å². The number of unbranched alkanes of at least 4 members (excludes halogenated alkanes) is 1. The molecule has 0 N–H and O–H groups in total. The number of methoxy groups -OCH3 is 2. The van der Waals surface area contributed by atoms with Gasteiger partial charge < -0.3 is 23.2 Å². The molecule has 0 amide bonds. The summed E-state index contributed by atoms with van der Waals surface area (Å²) in [6.45, 7) is 3.56. The predicted octanol–water partition coefficient (Wildman–Crippen LogP) is 3.58. The Morgan fingerprint density at radius 3 is 2.31 bits per heavy atom. The van der Waals surface area contributed by atoms with Crippen LogP contribution < -0.4 is 13.7 Å². The molecule has 8 heteroatoms. The zero-order valence-electron chi connectivity index (χ0n) is 17.1. The summed E-state index contributed by atoms with van der Waals surface area (Å²) < 4.78 is 47.0. The maximum atomic E-state index is 12.7. The van der Waals surface area contributed by atoms with Gasteiger partial charge in [0.25, 0.3) is 0 Å². The topological polar surface area (TPSA) is 88.1 Å². The predicted molar refractivity (Wildman–Crippen MR) is 108 cm³/mol. The smallest absolute Gasteiger partial charge is 0.339 e. The minimum absolute atomic E-state index is 0.00164. The maximum Gasteiger partial charge on any atom is 0.339 e. The largest absolute Gasteiger partial charge is 0.492 e. The average Bonchev–Trinajstić information content (AvgIpc) is 2.69. The van der Waals surface area contributed by atoms with Crippen molar-refractivity contribution in [1.29, 1.82) is 0 Å². The summed E-state index contributed by atoms with van der Waals surface area (Å²) in [6.07, 6.45) is 2.26. The molecule has 2 aromatic rings. The summed E-state index contributed by atoms with van der Waals surface area (Å²) in [5.41, 5.74) is 2.09. The zero-order chi connectivity index (χ0) is 21.4. The van der Waals surface area contributed by atoms with Crippen molar-refractivity contribution < 1.29 is 31.6 Å². The Kier molecular flexibility index (Phi) is 8.04. The molecular formula is C21H26O7S. The van der Waals surface area contributed by atoms with Crippen molar-refractivity contribution in [2.45, 2.75) is 38.0 Å². The first-order chi connectivity index (χ1) is 13.8. The summed E-state index contributed by atoms with van der Waals surface area (Å²) in [4.78, 5) is 10.7. The number of hydrogen-bond donors (Lipinski definition) is 0. The van der Waals surface area contributed by atoms with Crippen molar-refractivity contribution in [1.82, 2.24) is 0 Å². The molecule has 0 aliphatic carbocycles. The van der Waals surface area contributed by atoms with E-state index in [-0.39, 0.29) is 17.4 Å². The average molecular weight is 422 g/mol. The number of benzene rings is 2. The molecular weight excluding hydrogens is 396 g/mol. The molecule has 0 heterocycles. The van der Waals surface area contributed by atoms with E-state index in [1.807, 2.05) is 6.92 Å². The minimum Gasteiger partial charge on any atom is -0.492 e. The molecule has 2 aromatic carbocycles. The highest BCUT2D eigenvalue weighted by atomic mass is 32.2. The van der Waals surface area contributed by atoms with Gasteiger partial charge in [-0.25, -0.2) is 0 Å². The third-order valence-corrected chi connectivity index (χ3v) is 5.56. The van der Waals surface area contributed by atoms with Crippen LogP contribution in [0.25, 0.3) is 0 Å². The third-order valence-electron chi connectivity index (χ3n) is 4.32. The SMILES string of the molecule is COCOc1c(CCCC=O)cc(OS(=O)(=O)c2ccc(C)cc2)c(C)c1OC. The lowest BCUT2D eigenvalue weighted by atomic mass is 10.0. The number of aldehydes is 1. The van der Waals surface area contributed by atoms with E-state index in [1.165, 1.54) is 26.4 Å². The van der Waals surface area contributed by atoms with Gasteiger partial charge in [0.1, 0.15) is 16.9 Å². The Morgan fingerprint density at radius 2 is 1.72 bits per heavy atom. The van der Waals surface area contributed by atoms with E-state index in [0.29, 0.717) is 41.9 Å². The fraction of sp³-hybridized carbons (Fsp3) is 0.381. The second kappa shape index (κ2) is 10.3. The van der Waals surface area contributed by atoms with Gasteiger partial charge in [-0.15, -0.1) is 0 Å². The molecule has 0 aliphatic rings. The fourth-order valence-electron chi connectivity index (χ4n) is 2.80. The number of carbonyl (C=O) groups is 1. The Bertz CT molecular complexity index is 934. The van der Waals surface area contributed by atoms with Crippen molar-refractivity contribution in [3.63, 3.8) is 0 Å². The monoisotopic (exact) mass is 422 g/mol. The standard InChI is InChI=1S/C21H26O7S/c1-15-8-10-18(11-9-15)29(23,24)28-19-13-17(7-5-6-12-22)21(27-14-25-3)20(26-4)16(19)2/h8-13H,5-7,14H2,1-4H3. The first kappa shape index (κ1) is 22.7. The molecule has 0 saturated heterocycles. The van der Waals surface area contributed by atoms with Gasteiger partial charge in [-0.05, 0) is 44.9 Å². The molecule has 158 valence electrons. The van der Waals surface area contributed by atoms with Crippen LogP contribution in [0.1, 0.15) is 29.5 Å². The van der Waals surface area contributed by atoms with Crippen molar-refractivity contribution in [3.05, 3.63) is 47.0 Å². The molecule has 0 fully saturated rings. The highest BCUT2D eigenvalue weighted by molar-refractivity contribution is 7.87. The normalized spacial score (nSPS) is 11.2. The molecule has 0 radical (unpaired) electrons. The molecule has 2 rings (SSSR count).